The summed E-state index contributed by atoms with van der Waals surface area (Å²) in [6, 6.07) is 0. The molecule has 0 aromatic heterocycles. The number of aldehydes is 1. The molecular weight excluding hydrogens is 116 g/mol. The van der Waals surface area contributed by atoms with Crippen LogP contribution in [0.4, 0.5) is 0 Å². The second kappa shape index (κ2) is 3.28. The fraction of sp³-hybridized carbons (Fsp3) is 0.571. The molecule has 1 aliphatic rings. The minimum atomic E-state index is 0.146. The quantitative estimate of drug-likeness (QED) is 0.521. The fourth-order valence-corrected chi connectivity index (χ4v) is 0.866. The van der Waals surface area contributed by atoms with Gasteiger partial charge in [0, 0.05) is 6.42 Å². The standard InChI is InChI=1S/C7H10O2/c8-5-4-7-3-1-2-6-9-7/h2,5-7H,1,3-4H2. The predicted molar refractivity (Wildman–Crippen MR) is 33.9 cm³/mol. The van der Waals surface area contributed by atoms with Crippen LogP contribution in [0, 0.1) is 0 Å². The molecule has 2 nitrogen and oxygen atoms in total. The SMILES string of the molecule is O=CCC1CCC=CO1. The first kappa shape index (κ1) is 6.33. The Bertz CT molecular complexity index is 118. The average Bonchev–Trinajstić information content (AvgIpc) is 1.91. The van der Waals surface area contributed by atoms with Crippen LogP contribution in [0.15, 0.2) is 12.3 Å². The van der Waals surface area contributed by atoms with Gasteiger partial charge in [0.05, 0.1) is 6.26 Å². The summed E-state index contributed by atoms with van der Waals surface area (Å²) in [6.07, 6.45) is 7.26. The molecule has 1 rings (SSSR count). The normalized spacial score (nSPS) is 25.1. The first-order valence-electron chi connectivity index (χ1n) is 3.17. The molecule has 0 fully saturated rings. The van der Waals surface area contributed by atoms with E-state index in [9.17, 15) is 4.79 Å². The Kier molecular flexibility index (Phi) is 2.31. The third-order valence-corrected chi connectivity index (χ3v) is 1.38. The van der Waals surface area contributed by atoms with Crippen molar-refractivity contribution in [2.24, 2.45) is 0 Å². The Balaban J connectivity index is 2.26. The highest BCUT2D eigenvalue weighted by Crippen LogP contribution is 2.11. The van der Waals surface area contributed by atoms with E-state index in [2.05, 4.69) is 0 Å². The van der Waals surface area contributed by atoms with Gasteiger partial charge in [0.25, 0.3) is 0 Å². The van der Waals surface area contributed by atoms with Crippen LogP contribution in [-0.2, 0) is 9.53 Å². The van der Waals surface area contributed by atoms with E-state index in [4.69, 9.17) is 4.74 Å². The Morgan fingerprint density at radius 2 is 2.67 bits per heavy atom. The molecule has 2 heteroatoms. The molecule has 50 valence electrons. The molecule has 9 heavy (non-hydrogen) atoms. The highest BCUT2D eigenvalue weighted by atomic mass is 16.5. The molecule has 1 heterocycles. The van der Waals surface area contributed by atoms with E-state index < -0.39 is 0 Å². The molecule has 1 unspecified atom stereocenters. The van der Waals surface area contributed by atoms with Gasteiger partial charge in [-0.25, -0.2) is 0 Å². The van der Waals surface area contributed by atoms with Crippen LogP contribution < -0.4 is 0 Å². The first-order chi connectivity index (χ1) is 4.43. The van der Waals surface area contributed by atoms with Gasteiger partial charge in [-0.05, 0) is 18.9 Å². The minimum Gasteiger partial charge on any atom is -0.498 e. The van der Waals surface area contributed by atoms with Crippen molar-refractivity contribution >= 4 is 6.29 Å². The second-order valence-corrected chi connectivity index (χ2v) is 2.11. The van der Waals surface area contributed by atoms with Crippen molar-refractivity contribution in [2.45, 2.75) is 25.4 Å². The molecule has 0 spiro atoms. The smallest absolute Gasteiger partial charge is 0.123 e. The molecule has 1 atom stereocenters. The van der Waals surface area contributed by atoms with Gasteiger partial charge in [0.15, 0.2) is 0 Å². The monoisotopic (exact) mass is 126 g/mol. The molecular formula is C7H10O2. The Morgan fingerprint density at radius 1 is 1.78 bits per heavy atom. The number of allylic oxidation sites excluding steroid dienone is 1. The number of carbonyl (C=O) groups is 1. The van der Waals surface area contributed by atoms with E-state index in [0.717, 1.165) is 19.1 Å². The zero-order valence-electron chi connectivity index (χ0n) is 5.25. The number of hydrogen-bond acceptors (Lipinski definition) is 2. The third kappa shape index (κ3) is 1.88. The largest absolute Gasteiger partial charge is 0.498 e. The average molecular weight is 126 g/mol. The van der Waals surface area contributed by atoms with Gasteiger partial charge in [-0.15, -0.1) is 0 Å². The number of ether oxygens (including phenoxy) is 1. The van der Waals surface area contributed by atoms with Gasteiger partial charge in [-0.3, -0.25) is 0 Å². The summed E-state index contributed by atoms with van der Waals surface area (Å²) in [5.74, 6) is 0. The zero-order chi connectivity index (χ0) is 6.53. The summed E-state index contributed by atoms with van der Waals surface area (Å²) in [6.45, 7) is 0. The van der Waals surface area contributed by atoms with Crippen molar-refractivity contribution in [1.29, 1.82) is 0 Å². The van der Waals surface area contributed by atoms with Gasteiger partial charge >= 0.3 is 0 Å². The van der Waals surface area contributed by atoms with Crippen LogP contribution in [0.5, 0.6) is 0 Å². The highest BCUT2D eigenvalue weighted by Gasteiger charge is 2.08. The van der Waals surface area contributed by atoms with Crippen molar-refractivity contribution in [2.75, 3.05) is 0 Å². The lowest BCUT2D eigenvalue weighted by molar-refractivity contribution is -0.109. The van der Waals surface area contributed by atoms with E-state index >= 15 is 0 Å². The van der Waals surface area contributed by atoms with Crippen LogP contribution in [0.25, 0.3) is 0 Å². The molecule has 0 aliphatic carbocycles. The van der Waals surface area contributed by atoms with Gasteiger partial charge in [-0.1, -0.05) is 0 Å². The lowest BCUT2D eigenvalue weighted by Gasteiger charge is -2.15. The summed E-state index contributed by atoms with van der Waals surface area (Å²) in [5, 5.41) is 0. The van der Waals surface area contributed by atoms with Crippen molar-refractivity contribution in [3.05, 3.63) is 12.3 Å². The summed E-state index contributed by atoms with van der Waals surface area (Å²) in [5.41, 5.74) is 0. The van der Waals surface area contributed by atoms with E-state index in [-0.39, 0.29) is 6.10 Å². The molecule has 0 aromatic rings. The van der Waals surface area contributed by atoms with Crippen LogP contribution in [-0.4, -0.2) is 12.4 Å². The molecule has 0 amide bonds. The molecule has 0 saturated carbocycles. The summed E-state index contributed by atoms with van der Waals surface area (Å²) in [7, 11) is 0. The minimum absolute atomic E-state index is 0.146. The zero-order valence-corrected chi connectivity index (χ0v) is 5.25. The summed E-state index contributed by atoms with van der Waals surface area (Å²) < 4.78 is 5.11. The topological polar surface area (TPSA) is 26.3 Å². The van der Waals surface area contributed by atoms with E-state index in [0.29, 0.717) is 6.42 Å². The maximum absolute atomic E-state index is 9.97. The number of hydrogen-bond donors (Lipinski definition) is 0. The summed E-state index contributed by atoms with van der Waals surface area (Å²) in [4.78, 5) is 9.97. The van der Waals surface area contributed by atoms with Gasteiger partial charge < -0.3 is 9.53 Å². The molecule has 0 radical (unpaired) electrons. The van der Waals surface area contributed by atoms with E-state index in [1.807, 2.05) is 6.08 Å². The lowest BCUT2D eigenvalue weighted by Crippen LogP contribution is -2.12. The van der Waals surface area contributed by atoms with Crippen molar-refractivity contribution in [3.8, 4) is 0 Å². The first-order valence-corrected chi connectivity index (χ1v) is 3.17. The summed E-state index contributed by atoms with van der Waals surface area (Å²) >= 11 is 0. The molecule has 0 aromatic carbocycles. The molecule has 0 saturated heterocycles. The molecule has 0 bridgehead atoms. The Hall–Kier alpha value is -0.790. The second-order valence-electron chi connectivity index (χ2n) is 2.11. The third-order valence-electron chi connectivity index (χ3n) is 1.38. The predicted octanol–water partition coefficient (Wildman–Crippen LogP) is 1.27. The van der Waals surface area contributed by atoms with Crippen LogP contribution >= 0.6 is 0 Å². The number of carbonyl (C=O) groups excluding carboxylic acids is 1. The van der Waals surface area contributed by atoms with E-state index in [1.165, 1.54) is 0 Å². The van der Waals surface area contributed by atoms with Crippen molar-refractivity contribution in [1.82, 2.24) is 0 Å². The van der Waals surface area contributed by atoms with Gasteiger partial charge in [0.2, 0.25) is 0 Å². The maximum Gasteiger partial charge on any atom is 0.123 e. The Labute approximate surface area is 54.5 Å². The van der Waals surface area contributed by atoms with Crippen LogP contribution in [0.1, 0.15) is 19.3 Å². The number of rotatable bonds is 2. The van der Waals surface area contributed by atoms with Crippen LogP contribution in [0.3, 0.4) is 0 Å². The lowest BCUT2D eigenvalue weighted by atomic mass is 10.1. The maximum atomic E-state index is 9.97. The van der Waals surface area contributed by atoms with Gasteiger partial charge in [-0.2, -0.15) is 0 Å². The molecule has 1 aliphatic heterocycles. The highest BCUT2D eigenvalue weighted by molar-refractivity contribution is 5.50. The van der Waals surface area contributed by atoms with Crippen molar-refractivity contribution in [3.63, 3.8) is 0 Å². The van der Waals surface area contributed by atoms with Crippen LogP contribution in [0.2, 0.25) is 0 Å². The molecule has 0 N–H and O–H groups in total. The fourth-order valence-electron chi connectivity index (χ4n) is 0.866. The van der Waals surface area contributed by atoms with Gasteiger partial charge in [0.1, 0.15) is 12.4 Å². The van der Waals surface area contributed by atoms with Crippen molar-refractivity contribution < 1.29 is 9.53 Å². The Morgan fingerprint density at radius 3 is 3.22 bits per heavy atom. The van der Waals surface area contributed by atoms with E-state index in [1.54, 1.807) is 6.26 Å².